The average molecular weight is 994 g/mol. The number of nitrogens with two attached hydrogens (primary N) is 2. The highest BCUT2D eigenvalue weighted by molar-refractivity contribution is 9.10. The molecule has 0 unspecified atom stereocenters. The number of alkyl halides is 6. The van der Waals surface area contributed by atoms with E-state index in [0.29, 0.717) is 48.1 Å². The fourth-order valence-electron chi connectivity index (χ4n) is 7.22. The van der Waals surface area contributed by atoms with E-state index >= 15 is 0 Å². The fraction of sp³-hybridized carbons (Fsp3) is 0.273. The minimum absolute atomic E-state index is 0.00331. The first-order valence-electron chi connectivity index (χ1n) is 20.5. The van der Waals surface area contributed by atoms with Crippen LogP contribution in [-0.4, -0.2) is 61.7 Å². The largest absolute Gasteiger partial charge is 0.418 e. The molecule has 6 heterocycles. The Morgan fingerprint density at radius 3 is 1.73 bits per heavy atom. The predicted octanol–water partition coefficient (Wildman–Crippen LogP) is 9.02. The van der Waals surface area contributed by atoms with Gasteiger partial charge in [0, 0.05) is 18.5 Å². The molecule has 0 amide bonds. The Labute approximate surface area is 384 Å². The number of fused-ring (bicyclic) bond motifs is 2. The number of H-pyrrole nitrogens is 1. The van der Waals surface area contributed by atoms with Gasteiger partial charge in [-0.1, -0.05) is 60.7 Å². The normalized spacial score (nSPS) is 18.0. The molecule has 0 saturated heterocycles. The number of hydrogen-bond donors (Lipinski definition) is 3. The molecule has 8 aromatic rings. The summed E-state index contributed by atoms with van der Waals surface area (Å²) in [5, 5.41) is 7.95. The van der Waals surface area contributed by atoms with Crippen molar-refractivity contribution >= 4 is 49.6 Å². The van der Waals surface area contributed by atoms with E-state index in [9.17, 15) is 31.1 Å². The van der Waals surface area contributed by atoms with Crippen molar-refractivity contribution in [1.82, 2.24) is 49.5 Å². The maximum absolute atomic E-state index is 13.0. The van der Waals surface area contributed by atoms with Gasteiger partial charge in [-0.25, -0.2) is 34.6 Å². The second-order valence-electron chi connectivity index (χ2n) is 15.4. The number of anilines is 2. The van der Waals surface area contributed by atoms with Crippen LogP contribution >= 0.6 is 15.9 Å². The first-order chi connectivity index (χ1) is 32.1. The minimum atomic E-state index is -4.52. The maximum Gasteiger partial charge on any atom is 0.416 e. The van der Waals surface area contributed by atoms with Crippen LogP contribution in [0.3, 0.4) is 0 Å². The molecule has 0 aliphatic heterocycles. The van der Waals surface area contributed by atoms with E-state index in [0.717, 1.165) is 60.6 Å². The number of nitrogens with one attached hydrogen (secondary N) is 1. The van der Waals surface area contributed by atoms with Gasteiger partial charge < -0.3 is 25.7 Å². The van der Waals surface area contributed by atoms with Crippen LogP contribution in [0.15, 0.2) is 119 Å². The summed E-state index contributed by atoms with van der Waals surface area (Å²) in [4.78, 5) is 35.7. The highest BCUT2D eigenvalue weighted by Gasteiger charge is 2.36. The van der Waals surface area contributed by atoms with Crippen LogP contribution in [-0.2, 0) is 35.0 Å². The molecular weight excluding hydrogens is 954 g/mol. The van der Waals surface area contributed by atoms with Crippen molar-refractivity contribution in [3.05, 3.63) is 147 Å². The van der Waals surface area contributed by atoms with Crippen LogP contribution in [0, 0.1) is 0 Å². The molecule has 67 heavy (non-hydrogen) atoms. The number of pyridine rings is 2. The lowest BCUT2D eigenvalue weighted by Crippen LogP contribution is -2.34. The first kappa shape index (κ1) is 46.5. The van der Waals surface area contributed by atoms with Gasteiger partial charge in [0.2, 0.25) is 5.88 Å². The van der Waals surface area contributed by atoms with Crippen molar-refractivity contribution in [2.24, 2.45) is 0 Å². The van der Waals surface area contributed by atoms with Gasteiger partial charge in [-0.15, -0.1) is 5.10 Å². The molecule has 5 N–H and O–H groups in total. The number of aromatic nitrogens is 10. The van der Waals surface area contributed by atoms with Gasteiger partial charge in [0.05, 0.1) is 48.6 Å². The van der Waals surface area contributed by atoms with Crippen molar-refractivity contribution in [3.8, 4) is 11.8 Å². The molecule has 2 aliphatic carbocycles. The molecule has 2 fully saturated rings. The summed E-state index contributed by atoms with van der Waals surface area (Å²) in [5.74, 6) is 0.0801. The van der Waals surface area contributed by atoms with E-state index in [4.69, 9.17) is 25.7 Å². The summed E-state index contributed by atoms with van der Waals surface area (Å²) in [6.07, 6.45) is -0.644. The molecule has 2 saturated carbocycles. The number of ether oxygens (including phenoxy) is 3. The quantitative estimate of drug-likeness (QED) is 0.0863. The number of halogens is 7. The molecule has 0 spiro atoms. The lowest BCUT2D eigenvalue weighted by atomic mass is 9.89. The summed E-state index contributed by atoms with van der Waals surface area (Å²) in [6.45, 7) is 1.12. The molecule has 348 valence electrons. The van der Waals surface area contributed by atoms with Crippen LogP contribution in [0.25, 0.3) is 22.1 Å². The van der Waals surface area contributed by atoms with Crippen molar-refractivity contribution in [1.29, 1.82) is 0 Å². The van der Waals surface area contributed by atoms with Crippen LogP contribution < -0.4 is 21.8 Å². The van der Waals surface area contributed by atoms with Gasteiger partial charge in [0.15, 0.2) is 11.3 Å². The molecule has 6 aromatic heterocycles. The topological polar surface area (TPSA) is 213 Å². The zero-order chi connectivity index (χ0) is 47.3. The molecule has 23 heteroatoms. The highest BCUT2D eigenvalue weighted by Crippen LogP contribution is 2.41. The Morgan fingerprint density at radius 1 is 0.657 bits per heavy atom. The lowest BCUT2D eigenvalue weighted by molar-refractivity contribution is -0.138. The summed E-state index contributed by atoms with van der Waals surface area (Å²) < 4.78 is 96.0. The lowest BCUT2D eigenvalue weighted by Gasteiger charge is -2.35. The molecule has 2 aliphatic rings. The predicted molar refractivity (Wildman–Crippen MR) is 235 cm³/mol. The third-order valence-electron chi connectivity index (χ3n) is 10.8. The van der Waals surface area contributed by atoms with E-state index in [1.807, 2.05) is 60.7 Å². The van der Waals surface area contributed by atoms with Gasteiger partial charge in [-0.3, -0.25) is 14.6 Å². The van der Waals surface area contributed by atoms with Gasteiger partial charge >= 0.3 is 12.4 Å². The Balaban J connectivity index is 0.000000154. The number of nitrogen functional groups attached to an aromatic ring is 2. The van der Waals surface area contributed by atoms with Gasteiger partial charge in [0.1, 0.15) is 39.7 Å². The molecule has 0 atom stereocenters. The number of hydrogen-bond acceptors (Lipinski definition) is 13. The van der Waals surface area contributed by atoms with Crippen molar-refractivity contribution < 1.29 is 40.6 Å². The van der Waals surface area contributed by atoms with E-state index in [1.54, 1.807) is 9.36 Å². The Kier molecular flexibility index (Phi) is 13.8. The minimum Gasteiger partial charge on any atom is -0.418 e. The Hall–Kier alpha value is -6.98. The van der Waals surface area contributed by atoms with Crippen LogP contribution in [0.2, 0.25) is 0 Å². The second-order valence-corrected chi connectivity index (χ2v) is 16.2. The Morgan fingerprint density at radius 2 is 1.18 bits per heavy atom. The van der Waals surface area contributed by atoms with Crippen LogP contribution in [0.1, 0.15) is 60.0 Å². The van der Waals surface area contributed by atoms with Crippen LogP contribution in [0.4, 0.5) is 38.0 Å². The summed E-state index contributed by atoms with van der Waals surface area (Å²) >= 11 is 2.84. The number of benzene rings is 2. The third-order valence-corrected chi connectivity index (χ3v) is 11.3. The third kappa shape index (κ3) is 11.2. The molecule has 16 nitrogen and oxygen atoms in total. The standard InChI is InChI=1S/C22H19F3N6O2.C16H17N5O2.C6H3BrF3N/c23-22(24,25)14-6-7-27-17(8-14)33-21-18-19(26)28-12-29-20(18)31(30-21)15-9-16(10-15)32-11-13-4-2-1-3-5-13;17-14-13-15(19-9-18-14)21(20-16(13)22)11-6-12(7-11)23-8-10-4-2-1-3-5-10;7-5-3-4(1-2-11-5)6(8,9)10/h1-8,12,15-16H,9-11H2,(H2,26,28,29);1-5,9,11-12H,6-8H2,(H,20,22)(H2,17,18,19);1-3H. The van der Waals surface area contributed by atoms with E-state index in [1.165, 1.54) is 12.7 Å². The van der Waals surface area contributed by atoms with Crippen molar-refractivity contribution in [3.63, 3.8) is 0 Å². The number of rotatable bonds is 10. The first-order valence-corrected chi connectivity index (χ1v) is 21.3. The zero-order valence-electron chi connectivity index (χ0n) is 34.9. The maximum atomic E-state index is 13.0. The van der Waals surface area contributed by atoms with Crippen molar-refractivity contribution in [2.45, 2.75) is 75.5 Å². The molecular formula is C44H39BrF6N12O4. The van der Waals surface area contributed by atoms with Gasteiger partial charge in [-0.05, 0) is 70.9 Å². The molecule has 10 rings (SSSR count). The van der Waals surface area contributed by atoms with E-state index in [2.05, 4.69) is 56.0 Å². The number of aromatic amines is 1. The number of nitrogens with zero attached hydrogens (tertiary/aromatic N) is 9. The van der Waals surface area contributed by atoms with Crippen molar-refractivity contribution in [2.75, 3.05) is 11.5 Å². The fourth-order valence-corrected chi connectivity index (χ4v) is 7.58. The van der Waals surface area contributed by atoms with E-state index < -0.39 is 23.5 Å². The zero-order valence-corrected chi connectivity index (χ0v) is 36.5. The molecule has 2 aromatic carbocycles. The second kappa shape index (κ2) is 19.9. The van der Waals surface area contributed by atoms with Crippen LogP contribution in [0.5, 0.6) is 11.8 Å². The van der Waals surface area contributed by atoms with E-state index in [-0.39, 0.29) is 57.8 Å². The van der Waals surface area contributed by atoms with Gasteiger partial charge in [0.25, 0.3) is 11.4 Å². The summed E-state index contributed by atoms with van der Waals surface area (Å²) in [6, 6.07) is 23.7. The summed E-state index contributed by atoms with van der Waals surface area (Å²) in [7, 11) is 0. The smallest absolute Gasteiger partial charge is 0.416 e. The highest BCUT2D eigenvalue weighted by atomic mass is 79.9. The Bertz CT molecular complexity index is 3000. The average Bonchev–Trinajstić information content (AvgIpc) is 3.81. The molecule has 0 radical (unpaired) electrons. The van der Waals surface area contributed by atoms with Gasteiger partial charge in [-0.2, -0.15) is 26.3 Å². The summed E-state index contributed by atoms with van der Waals surface area (Å²) in [5.41, 5.74) is 13.2. The SMILES string of the molecule is FC(F)(F)c1ccnc(Br)c1.Nc1ncnc2c1c(=O)[nH]n2C1CC(OCc2ccccc2)C1.Nc1ncnc2c1c(Oc1cc(C(F)(F)F)ccn1)nn2C1CC(OCc2ccccc2)C1. The monoisotopic (exact) mass is 992 g/mol. The molecule has 0 bridgehead atoms.